The first kappa shape index (κ1) is 6.27. The molecule has 0 saturated heterocycles. The predicted molar refractivity (Wildman–Crippen MR) is 48.3 cm³/mol. The molecule has 2 nitrogen and oxygen atoms in total. The van der Waals surface area contributed by atoms with Crippen LogP contribution in [-0.4, -0.2) is 6.73 Å². The molecule has 1 aliphatic heterocycles. The summed E-state index contributed by atoms with van der Waals surface area (Å²) in [4.78, 5) is 0. The van der Waals surface area contributed by atoms with Gasteiger partial charge in [-0.2, -0.15) is 0 Å². The smallest absolute Gasteiger partial charge is 0.159 e. The van der Waals surface area contributed by atoms with E-state index in [1.165, 1.54) is 3.57 Å². The standard InChI is InChI=1S/C7H6INO/c8-5-1-2-6-7(3-5)10-4-9-6/h1-3,9H,4H2. The zero-order valence-electron chi connectivity index (χ0n) is 5.23. The molecule has 1 aromatic carbocycles. The Morgan fingerprint density at radius 1 is 1.50 bits per heavy atom. The number of fused-ring (bicyclic) bond motifs is 1. The maximum Gasteiger partial charge on any atom is 0.159 e. The molecule has 1 aliphatic rings. The van der Waals surface area contributed by atoms with Crippen LogP contribution in [0, 0.1) is 3.57 Å². The summed E-state index contributed by atoms with van der Waals surface area (Å²) in [6.45, 7) is 0.607. The lowest BCUT2D eigenvalue weighted by Crippen LogP contribution is -1.96. The second kappa shape index (κ2) is 2.30. The lowest BCUT2D eigenvalue weighted by Gasteiger charge is -1.95. The number of anilines is 1. The minimum atomic E-state index is 0.607. The van der Waals surface area contributed by atoms with Gasteiger partial charge in [-0.1, -0.05) is 0 Å². The third kappa shape index (κ3) is 0.941. The largest absolute Gasteiger partial charge is 0.471 e. The van der Waals surface area contributed by atoms with Gasteiger partial charge in [-0.15, -0.1) is 0 Å². The van der Waals surface area contributed by atoms with Crippen molar-refractivity contribution in [3.05, 3.63) is 21.8 Å². The maximum atomic E-state index is 5.26. The second-order valence-corrected chi connectivity index (χ2v) is 3.35. The summed E-state index contributed by atoms with van der Waals surface area (Å²) in [6, 6.07) is 6.11. The summed E-state index contributed by atoms with van der Waals surface area (Å²) >= 11 is 2.27. The van der Waals surface area contributed by atoms with Crippen molar-refractivity contribution >= 4 is 28.3 Å². The Labute approximate surface area is 72.7 Å². The Morgan fingerprint density at radius 2 is 2.40 bits per heavy atom. The van der Waals surface area contributed by atoms with E-state index in [2.05, 4.69) is 34.0 Å². The highest BCUT2D eigenvalue weighted by Gasteiger charge is 2.09. The fourth-order valence-corrected chi connectivity index (χ4v) is 1.42. The first-order valence-corrected chi connectivity index (χ1v) is 4.10. The third-order valence-electron chi connectivity index (χ3n) is 1.43. The molecule has 2 rings (SSSR count). The molecule has 0 saturated carbocycles. The zero-order valence-corrected chi connectivity index (χ0v) is 7.38. The topological polar surface area (TPSA) is 21.3 Å². The van der Waals surface area contributed by atoms with Gasteiger partial charge >= 0.3 is 0 Å². The quantitative estimate of drug-likeness (QED) is 0.708. The molecule has 10 heavy (non-hydrogen) atoms. The number of hydrogen-bond acceptors (Lipinski definition) is 2. The highest BCUT2D eigenvalue weighted by molar-refractivity contribution is 14.1. The molecule has 0 unspecified atom stereocenters. The van der Waals surface area contributed by atoms with Gasteiger partial charge in [-0.05, 0) is 40.8 Å². The van der Waals surface area contributed by atoms with E-state index in [-0.39, 0.29) is 0 Å². The van der Waals surface area contributed by atoms with Crippen molar-refractivity contribution in [2.45, 2.75) is 0 Å². The summed E-state index contributed by atoms with van der Waals surface area (Å²) in [5.74, 6) is 0.965. The number of ether oxygens (including phenoxy) is 1. The maximum absolute atomic E-state index is 5.26. The Morgan fingerprint density at radius 3 is 3.30 bits per heavy atom. The van der Waals surface area contributed by atoms with Crippen LogP contribution < -0.4 is 10.1 Å². The molecule has 0 aliphatic carbocycles. The van der Waals surface area contributed by atoms with E-state index >= 15 is 0 Å². The number of benzene rings is 1. The molecule has 1 heterocycles. The van der Waals surface area contributed by atoms with Gasteiger partial charge in [0.05, 0.1) is 5.69 Å². The Kier molecular flexibility index (Phi) is 1.44. The molecule has 0 bridgehead atoms. The van der Waals surface area contributed by atoms with E-state index in [1.54, 1.807) is 0 Å². The van der Waals surface area contributed by atoms with Crippen LogP contribution in [0.1, 0.15) is 0 Å². The van der Waals surface area contributed by atoms with Crippen LogP contribution in [0.2, 0.25) is 0 Å². The lowest BCUT2D eigenvalue weighted by molar-refractivity contribution is 0.372. The van der Waals surface area contributed by atoms with Crippen LogP contribution in [0.5, 0.6) is 5.75 Å². The molecule has 1 N–H and O–H groups in total. The lowest BCUT2D eigenvalue weighted by atomic mass is 10.3. The second-order valence-electron chi connectivity index (χ2n) is 2.11. The Bertz CT molecular complexity index is 262. The van der Waals surface area contributed by atoms with Crippen molar-refractivity contribution in [3.63, 3.8) is 0 Å². The fraction of sp³-hybridized carbons (Fsp3) is 0.143. The number of rotatable bonds is 0. The molecular formula is C7H6INO. The Hall–Kier alpha value is -0.450. The highest BCUT2D eigenvalue weighted by Crippen LogP contribution is 2.29. The third-order valence-corrected chi connectivity index (χ3v) is 2.10. The van der Waals surface area contributed by atoms with E-state index in [0.29, 0.717) is 6.73 Å². The zero-order chi connectivity index (χ0) is 6.97. The van der Waals surface area contributed by atoms with Crippen molar-refractivity contribution in [1.82, 2.24) is 0 Å². The van der Waals surface area contributed by atoms with Gasteiger partial charge in [0.2, 0.25) is 0 Å². The molecule has 52 valence electrons. The van der Waals surface area contributed by atoms with Gasteiger partial charge < -0.3 is 10.1 Å². The summed E-state index contributed by atoms with van der Waals surface area (Å²) in [7, 11) is 0. The Balaban J connectivity index is 2.52. The van der Waals surface area contributed by atoms with Gasteiger partial charge in [0, 0.05) is 3.57 Å². The highest BCUT2D eigenvalue weighted by atomic mass is 127. The number of halogens is 1. The first-order valence-electron chi connectivity index (χ1n) is 3.02. The van der Waals surface area contributed by atoms with Crippen LogP contribution >= 0.6 is 22.6 Å². The first-order chi connectivity index (χ1) is 4.86. The van der Waals surface area contributed by atoms with Crippen LogP contribution in [0.25, 0.3) is 0 Å². The predicted octanol–water partition coefficient (Wildman–Crippen LogP) is 2.05. The van der Waals surface area contributed by atoms with E-state index < -0.39 is 0 Å². The van der Waals surface area contributed by atoms with Crippen LogP contribution in [0.4, 0.5) is 5.69 Å². The summed E-state index contributed by atoms with van der Waals surface area (Å²) < 4.78 is 6.47. The van der Waals surface area contributed by atoms with Crippen LogP contribution in [-0.2, 0) is 0 Å². The van der Waals surface area contributed by atoms with Gasteiger partial charge in [0.25, 0.3) is 0 Å². The van der Waals surface area contributed by atoms with E-state index in [1.807, 2.05) is 12.1 Å². The van der Waals surface area contributed by atoms with Crippen molar-refractivity contribution in [2.75, 3.05) is 12.0 Å². The van der Waals surface area contributed by atoms with Crippen molar-refractivity contribution < 1.29 is 4.74 Å². The van der Waals surface area contributed by atoms with Crippen LogP contribution in [0.3, 0.4) is 0 Å². The van der Waals surface area contributed by atoms with E-state index in [9.17, 15) is 0 Å². The number of nitrogens with one attached hydrogen (secondary N) is 1. The van der Waals surface area contributed by atoms with Gasteiger partial charge in [-0.3, -0.25) is 0 Å². The summed E-state index contributed by atoms with van der Waals surface area (Å²) in [5, 5.41) is 3.10. The average Bonchev–Trinajstić information content (AvgIpc) is 2.33. The molecule has 0 amide bonds. The minimum Gasteiger partial charge on any atom is -0.471 e. The van der Waals surface area contributed by atoms with Gasteiger partial charge in [0.1, 0.15) is 5.75 Å². The van der Waals surface area contributed by atoms with Gasteiger partial charge in [0.15, 0.2) is 6.73 Å². The van der Waals surface area contributed by atoms with Crippen molar-refractivity contribution in [2.24, 2.45) is 0 Å². The molecular weight excluding hydrogens is 241 g/mol. The van der Waals surface area contributed by atoms with Gasteiger partial charge in [-0.25, -0.2) is 0 Å². The molecule has 1 aromatic rings. The van der Waals surface area contributed by atoms with E-state index in [4.69, 9.17) is 4.74 Å². The monoisotopic (exact) mass is 247 g/mol. The average molecular weight is 247 g/mol. The summed E-state index contributed by atoms with van der Waals surface area (Å²) in [6.07, 6.45) is 0. The van der Waals surface area contributed by atoms with Crippen molar-refractivity contribution in [3.8, 4) is 5.75 Å². The SMILES string of the molecule is Ic1ccc2c(c1)OCN2. The molecule has 3 heteroatoms. The fourth-order valence-electron chi connectivity index (χ4n) is 0.953. The number of hydrogen-bond donors (Lipinski definition) is 1. The molecule has 0 aromatic heterocycles. The van der Waals surface area contributed by atoms with Crippen molar-refractivity contribution in [1.29, 1.82) is 0 Å². The molecule has 0 fully saturated rings. The molecule has 0 spiro atoms. The molecule has 0 radical (unpaired) electrons. The van der Waals surface area contributed by atoms with E-state index in [0.717, 1.165) is 11.4 Å². The minimum absolute atomic E-state index is 0.607. The summed E-state index contributed by atoms with van der Waals surface area (Å²) in [5.41, 5.74) is 1.10. The molecule has 0 atom stereocenters. The normalized spacial score (nSPS) is 13.7. The van der Waals surface area contributed by atoms with Crippen LogP contribution in [0.15, 0.2) is 18.2 Å².